The number of carbonyl (C=O) groups excluding carboxylic acids is 2. The van der Waals surface area contributed by atoms with Crippen molar-refractivity contribution >= 4 is 22.0 Å². The maximum absolute atomic E-state index is 13.1. The number of methoxy groups -OCH3 is 2. The highest BCUT2D eigenvalue weighted by Gasteiger charge is 2.54. The molecule has 244 valence electrons. The van der Waals surface area contributed by atoms with Gasteiger partial charge in [-0.25, -0.2) is 13.2 Å². The van der Waals surface area contributed by atoms with Gasteiger partial charge in [-0.2, -0.15) is 0 Å². The molecule has 2 heterocycles. The lowest BCUT2D eigenvalue weighted by Crippen LogP contribution is -2.66. The maximum Gasteiger partial charge on any atom is 0.343 e. The average molecular weight is 631 g/mol. The number of carbonyl (C=O) groups is 2. The fraction of sp³-hybridized carbons (Fsp3) is 0.833. The monoisotopic (exact) mass is 630 g/mol. The van der Waals surface area contributed by atoms with Crippen molar-refractivity contribution in [3.05, 3.63) is 12.3 Å². The summed E-state index contributed by atoms with van der Waals surface area (Å²) < 4.78 is 64.7. The van der Waals surface area contributed by atoms with Gasteiger partial charge in [0, 0.05) is 26.4 Å². The van der Waals surface area contributed by atoms with Crippen LogP contribution in [0, 0.1) is 0 Å². The van der Waals surface area contributed by atoms with E-state index in [4.69, 9.17) is 28.4 Å². The number of esters is 1. The maximum atomic E-state index is 13.1. The highest BCUT2D eigenvalue weighted by atomic mass is 32.2. The van der Waals surface area contributed by atoms with E-state index in [0.717, 1.165) is 0 Å². The minimum absolute atomic E-state index is 0.0155. The van der Waals surface area contributed by atoms with Crippen LogP contribution in [0.15, 0.2) is 12.3 Å². The van der Waals surface area contributed by atoms with Crippen LogP contribution in [-0.4, -0.2) is 165 Å². The first-order chi connectivity index (χ1) is 19.4. The average Bonchev–Trinajstić information content (AvgIpc) is 2.87. The number of aliphatic hydroxyl groups is 4. The van der Waals surface area contributed by atoms with E-state index < -0.39 is 89.2 Å². The van der Waals surface area contributed by atoms with Gasteiger partial charge < -0.3 is 63.2 Å². The van der Waals surface area contributed by atoms with Crippen LogP contribution in [0.3, 0.4) is 0 Å². The minimum Gasteiger partial charge on any atom is -0.748 e. The second-order valence-corrected chi connectivity index (χ2v) is 12.3. The van der Waals surface area contributed by atoms with Crippen LogP contribution in [0.1, 0.15) is 13.3 Å². The number of ether oxygens (including phenoxy) is 6. The largest absolute Gasteiger partial charge is 0.748 e. The van der Waals surface area contributed by atoms with Crippen molar-refractivity contribution in [1.29, 1.82) is 0 Å². The van der Waals surface area contributed by atoms with Crippen molar-refractivity contribution < 1.29 is 75.9 Å². The fourth-order valence-corrected chi connectivity index (χ4v) is 5.03. The number of nitrogens with one attached hydrogen (secondary N) is 1. The van der Waals surface area contributed by atoms with Crippen molar-refractivity contribution in [2.24, 2.45) is 0 Å². The van der Waals surface area contributed by atoms with Gasteiger partial charge in [0.05, 0.1) is 49.6 Å². The number of quaternary nitrogens is 1. The Morgan fingerprint density at radius 2 is 1.50 bits per heavy atom. The Balaban J connectivity index is 2.15. The Bertz CT molecular complexity index is 1040. The first-order valence-corrected chi connectivity index (χ1v) is 14.6. The highest BCUT2D eigenvalue weighted by Crippen LogP contribution is 2.31. The predicted octanol–water partition coefficient (Wildman–Crippen LogP) is -3.87. The third kappa shape index (κ3) is 9.86. The molecule has 17 nitrogen and oxygen atoms in total. The molecule has 0 aromatic carbocycles. The highest BCUT2D eigenvalue weighted by molar-refractivity contribution is 7.85. The van der Waals surface area contributed by atoms with Crippen LogP contribution < -0.4 is 5.32 Å². The van der Waals surface area contributed by atoms with Crippen LogP contribution in [0.4, 0.5) is 0 Å². The molecule has 2 rings (SSSR count). The molecule has 5 N–H and O–H groups in total. The molecule has 2 aliphatic heterocycles. The second kappa shape index (κ2) is 15.3. The molecule has 0 bridgehead atoms. The van der Waals surface area contributed by atoms with Gasteiger partial charge in [0.25, 0.3) is 5.91 Å². The van der Waals surface area contributed by atoms with E-state index in [2.05, 4.69) is 11.9 Å². The Labute approximate surface area is 244 Å². The molecule has 0 aromatic heterocycles. The molecule has 0 aromatic rings. The number of aliphatic hydroxyl groups excluding tert-OH is 4. The van der Waals surface area contributed by atoms with E-state index in [1.165, 1.54) is 21.1 Å². The summed E-state index contributed by atoms with van der Waals surface area (Å²) in [6.07, 6.45) is -16.6. The summed E-state index contributed by atoms with van der Waals surface area (Å²) in [5.74, 6) is -2.35. The Hall–Kier alpha value is -1.81. The Morgan fingerprint density at radius 1 is 0.929 bits per heavy atom. The molecule has 2 saturated heterocycles. The van der Waals surface area contributed by atoms with Crippen molar-refractivity contribution in [2.75, 3.05) is 53.7 Å². The van der Waals surface area contributed by atoms with Crippen molar-refractivity contribution in [1.82, 2.24) is 5.32 Å². The summed E-state index contributed by atoms with van der Waals surface area (Å²) >= 11 is 0. The Kier molecular flexibility index (Phi) is 13.2. The molecule has 42 heavy (non-hydrogen) atoms. The van der Waals surface area contributed by atoms with Gasteiger partial charge in [-0.3, -0.25) is 4.79 Å². The third-order valence-electron chi connectivity index (χ3n) is 6.82. The summed E-state index contributed by atoms with van der Waals surface area (Å²) in [5, 5.41) is 45.1. The Morgan fingerprint density at radius 3 is 2.05 bits per heavy atom. The molecule has 4 unspecified atom stereocenters. The lowest BCUT2D eigenvalue weighted by molar-refractivity contribution is -0.889. The first kappa shape index (κ1) is 36.4. The number of nitrogens with zero attached hydrogens (tertiary/aromatic N) is 1. The smallest absolute Gasteiger partial charge is 0.343 e. The molecular weight excluding hydrogens is 588 g/mol. The predicted molar refractivity (Wildman–Crippen MR) is 139 cm³/mol. The van der Waals surface area contributed by atoms with E-state index in [9.17, 15) is 43.0 Å². The van der Waals surface area contributed by atoms with Crippen LogP contribution in [0.2, 0.25) is 0 Å². The summed E-state index contributed by atoms with van der Waals surface area (Å²) in [5.41, 5.74) is 0. The van der Waals surface area contributed by atoms with E-state index in [1.54, 1.807) is 14.1 Å². The molecule has 0 saturated carbocycles. The van der Waals surface area contributed by atoms with Crippen LogP contribution in [0.5, 0.6) is 0 Å². The molecule has 2 fully saturated rings. The minimum atomic E-state index is -4.34. The molecule has 10 atom stereocenters. The molecular formula is C24H42N2O15S. The fourth-order valence-electron chi connectivity index (χ4n) is 4.54. The molecule has 0 radical (unpaired) electrons. The zero-order valence-corrected chi connectivity index (χ0v) is 25.0. The van der Waals surface area contributed by atoms with Crippen LogP contribution in [-0.2, 0) is 48.1 Å². The SMILES string of the molecule is C=C(C)OC(=O)C1OC(OC)[C@H](O)[C@@H](O)[C@@H]1OC1OC(C(=O)NCC[N+](C)(C)CCCS(=O)(=O)[O-])[C@@H](OC)[C@H](O)[C@H]1O. The van der Waals surface area contributed by atoms with Crippen LogP contribution in [0.25, 0.3) is 0 Å². The molecule has 1 amide bonds. The standard InChI is InChI=1S/C24H42N2O15S/c1-12(2)38-22(32)20-18(14(28)15(29)23(37-6)41-20)39-24-16(30)13(27)17(36-5)19(40-24)21(31)25-8-10-26(3,4)9-7-11-42(33,34)35/h13-20,23-24,27-30H,1,7-11H2,2-6H3,(H-,25,31,33,34,35)/t13-,14-,15-,16-,17+,18+,19?,20?,23?,24?/m1/s1. The quantitative estimate of drug-likeness (QED) is 0.0534. The summed E-state index contributed by atoms with van der Waals surface area (Å²) in [6.45, 7) is 5.59. The summed E-state index contributed by atoms with van der Waals surface area (Å²) in [4.78, 5) is 25.8. The summed E-state index contributed by atoms with van der Waals surface area (Å²) in [6, 6.07) is 0. The molecule has 18 heteroatoms. The number of likely N-dealkylation sites (N-methyl/N-ethyl adjacent to an activating group) is 1. The van der Waals surface area contributed by atoms with Gasteiger partial charge in [0.2, 0.25) is 0 Å². The topological polar surface area (TPSA) is 240 Å². The number of allylic oxidation sites excluding steroid dienone is 1. The van der Waals surface area contributed by atoms with E-state index >= 15 is 0 Å². The number of amides is 1. The van der Waals surface area contributed by atoms with E-state index in [1.807, 2.05) is 0 Å². The molecule has 2 aliphatic rings. The van der Waals surface area contributed by atoms with E-state index in [0.29, 0.717) is 13.1 Å². The van der Waals surface area contributed by atoms with Gasteiger partial charge in [-0.05, 0) is 6.92 Å². The van der Waals surface area contributed by atoms with E-state index in [-0.39, 0.29) is 23.2 Å². The summed E-state index contributed by atoms with van der Waals surface area (Å²) in [7, 11) is 1.55. The molecule has 0 spiro atoms. The molecule has 0 aliphatic carbocycles. The van der Waals surface area contributed by atoms with Gasteiger partial charge in [-0.15, -0.1) is 0 Å². The second-order valence-electron chi connectivity index (χ2n) is 10.8. The number of hydrogen-bond donors (Lipinski definition) is 5. The van der Waals surface area contributed by atoms with Crippen molar-refractivity contribution in [3.63, 3.8) is 0 Å². The number of rotatable bonds is 14. The lowest BCUT2D eigenvalue weighted by atomic mass is 9.96. The zero-order chi connectivity index (χ0) is 32.0. The van der Waals surface area contributed by atoms with Crippen LogP contribution >= 0.6 is 0 Å². The number of hydrogen-bond acceptors (Lipinski definition) is 15. The zero-order valence-electron chi connectivity index (χ0n) is 24.2. The van der Waals surface area contributed by atoms with Crippen molar-refractivity contribution in [2.45, 2.75) is 74.8 Å². The normalized spacial score (nSPS) is 34.0. The third-order valence-corrected chi connectivity index (χ3v) is 7.61. The van der Waals surface area contributed by atoms with Gasteiger partial charge in [0.1, 0.15) is 36.6 Å². The van der Waals surface area contributed by atoms with Gasteiger partial charge >= 0.3 is 5.97 Å². The van der Waals surface area contributed by atoms with Gasteiger partial charge in [-0.1, -0.05) is 6.58 Å². The van der Waals surface area contributed by atoms with Crippen molar-refractivity contribution in [3.8, 4) is 0 Å². The van der Waals surface area contributed by atoms with Gasteiger partial charge in [0.15, 0.2) is 24.8 Å². The lowest BCUT2D eigenvalue weighted by Gasteiger charge is -2.45. The first-order valence-electron chi connectivity index (χ1n) is 13.1.